The Morgan fingerprint density at radius 3 is 2.47 bits per heavy atom. The smallest absolute Gasteiger partial charge is 0.387 e. The van der Waals surface area contributed by atoms with Gasteiger partial charge in [0.1, 0.15) is 12.1 Å². The molecule has 1 saturated heterocycles. The minimum Gasteiger partial charge on any atom is -0.493 e. The summed E-state index contributed by atoms with van der Waals surface area (Å²) in [5.41, 5.74) is -0.672. The number of anilines is 1. The van der Waals surface area contributed by atoms with E-state index in [0.29, 0.717) is 18.8 Å². The minimum absolute atomic E-state index is 0.0743. The van der Waals surface area contributed by atoms with Gasteiger partial charge in [-0.05, 0) is 49.1 Å². The van der Waals surface area contributed by atoms with E-state index < -0.39 is 36.5 Å². The number of nitrogens with one attached hydrogen (secondary N) is 2. The number of nitrogens with zero attached hydrogens (tertiary/aromatic N) is 1. The Morgan fingerprint density at radius 2 is 1.91 bits per heavy atom. The molecule has 1 saturated carbocycles. The van der Waals surface area contributed by atoms with Gasteiger partial charge >= 0.3 is 12.6 Å². The van der Waals surface area contributed by atoms with Crippen molar-refractivity contribution >= 4 is 23.5 Å². The normalized spacial score (nSPS) is 23.5. The molecule has 2 fully saturated rings. The Morgan fingerprint density at radius 1 is 1.25 bits per heavy atom. The number of benzene rings is 1. The molecule has 0 atom stereocenters. The lowest BCUT2D eigenvalue weighted by Gasteiger charge is -2.40. The highest BCUT2D eigenvalue weighted by molar-refractivity contribution is 6.10. The van der Waals surface area contributed by atoms with Gasteiger partial charge in [0.15, 0.2) is 11.5 Å². The Kier molecular flexibility index (Phi) is 6.61. The third-order valence-electron chi connectivity index (χ3n) is 6.27. The van der Waals surface area contributed by atoms with Crippen LogP contribution in [0.5, 0.6) is 11.5 Å². The number of ether oxygens (including phenoxy) is 2. The molecule has 10 heteroatoms. The molecule has 4 amide bonds. The van der Waals surface area contributed by atoms with Crippen LogP contribution in [0.2, 0.25) is 0 Å². The summed E-state index contributed by atoms with van der Waals surface area (Å²) < 4.78 is 34.5. The molecule has 8 nitrogen and oxygen atoms in total. The van der Waals surface area contributed by atoms with E-state index in [9.17, 15) is 23.2 Å². The molecule has 2 aliphatic rings. The van der Waals surface area contributed by atoms with Gasteiger partial charge in [-0.3, -0.25) is 14.5 Å². The molecule has 0 aromatic heterocycles. The molecule has 1 heterocycles. The highest BCUT2D eigenvalue weighted by Gasteiger charge is 2.53. The van der Waals surface area contributed by atoms with Crippen molar-refractivity contribution in [3.63, 3.8) is 0 Å². The largest absolute Gasteiger partial charge is 0.493 e. The maximum atomic E-state index is 13.0. The Labute approximate surface area is 185 Å². The van der Waals surface area contributed by atoms with E-state index in [1.54, 1.807) is 0 Å². The van der Waals surface area contributed by atoms with E-state index in [1.165, 1.54) is 25.3 Å². The van der Waals surface area contributed by atoms with Crippen LogP contribution >= 0.6 is 0 Å². The van der Waals surface area contributed by atoms with E-state index in [1.807, 2.05) is 0 Å². The second-order valence-electron chi connectivity index (χ2n) is 9.34. The number of alkyl halides is 2. The fraction of sp³-hybridized carbons (Fsp3) is 0.591. The quantitative estimate of drug-likeness (QED) is 0.640. The maximum absolute atomic E-state index is 13.0. The van der Waals surface area contributed by atoms with Crippen molar-refractivity contribution in [1.29, 1.82) is 0 Å². The summed E-state index contributed by atoms with van der Waals surface area (Å²) in [4.78, 5) is 38.9. The lowest BCUT2D eigenvalue weighted by atomic mass is 9.67. The fourth-order valence-electron chi connectivity index (χ4n) is 4.42. The van der Waals surface area contributed by atoms with Crippen LogP contribution in [0.3, 0.4) is 0 Å². The Balaban J connectivity index is 1.65. The first-order valence-corrected chi connectivity index (χ1v) is 10.5. The lowest BCUT2D eigenvalue weighted by Crippen LogP contribution is -2.50. The van der Waals surface area contributed by atoms with Crippen LogP contribution in [-0.2, 0) is 9.59 Å². The van der Waals surface area contributed by atoms with Gasteiger partial charge < -0.3 is 20.1 Å². The van der Waals surface area contributed by atoms with Crippen molar-refractivity contribution in [3.8, 4) is 11.5 Å². The number of halogens is 2. The zero-order chi connectivity index (χ0) is 23.7. The summed E-state index contributed by atoms with van der Waals surface area (Å²) in [6, 6.07) is 3.39. The molecule has 2 N–H and O–H groups in total. The van der Waals surface area contributed by atoms with Gasteiger partial charge in [0.05, 0.1) is 7.11 Å². The maximum Gasteiger partial charge on any atom is 0.387 e. The fourth-order valence-corrected chi connectivity index (χ4v) is 4.42. The van der Waals surface area contributed by atoms with Crippen LogP contribution < -0.4 is 20.1 Å². The topological polar surface area (TPSA) is 97.0 Å². The van der Waals surface area contributed by atoms with Crippen LogP contribution in [0.25, 0.3) is 0 Å². The third kappa shape index (κ3) is 4.94. The first-order valence-electron chi connectivity index (χ1n) is 10.5. The Hall–Kier alpha value is -2.91. The van der Waals surface area contributed by atoms with E-state index in [-0.39, 0.29) is 22.6 Å². The standard InChI is InChI=1S/C22H29F2N3O5/c1-21(2,3)13-7-9-22(10-8-13)18(29)27(20(30)26-22)12-17(28)25-14-5-6-15(31-4)16(11-14)32-19(23)24/h5-6,11,13,19H,7-10,12H2,1-4H3,(H,25,28)(H,26,30). The molecule has 1 aromatic rings. The molecule has 0 radical (unpaired) electrons. The number of imide groups is 1. The third-order valence-corrected chi connectivity index (χ3v) is 6.27. The van der Waals surface area contributed by atoms with Gasteiger partial charge in [0, 0.05) is 11.8 Å². The van der Waals surface area contributed by atoms with Gasteiger partial charge in [-0.1, -0.05) is 20.8 Å². The van der Waals surface area contributed by atoms with E-state index in [0.717, 1.165) is 17.7 Å². The summed E-state index contributed by atoms with van der Waals surface area (Å²) in [6.07, 6.45) is 2.69. The van der Waals surface area contributed by atoms with Crippen LogP contribution in [0.15, 0.2) is 18.2 Å². The van der Waals surface area contributed by atoms with Crippen LogP contribution in [0, 0.1) is 11.3 Å². The molecular weight excluding hydrogens is 424 g/mol. The first kappa shape index (κ1) is 23.7. The number of hydrogen-bond acceptors (Lipinski definition) is 5. The van der Waals surface area contributed by atoms with E-state index in [2.05, 4.69) is 36.1 Å². The summed E-state index contributed by atoms with van der Waals surface area (Å²) >= 11 is 0. The number of urea groups is 1. The number of carbonyl (C=O) groups is 3. The van der Waals surface area contributed by atoms with Crippen molar-refractivity contribution in [2.24, 2.45) is 11.3 Å². The average molecular weight is 453 g/mol. The molecule has 3 rings (SSSR count). The summed E-state index contributed by atoms with van der Waals surface area (Å²) in [6.45, 7) is 2.95. The molecule has 176 valence electrons. The minimum atomic E-state index is -3.06. The van der Waals surface area contributed by atoms with Crippen molar-refractivity contribution in [2.75, 3.05) is 19.0 Å². The summed E-state index contributed by atoms with van der Waals surface area (Å²) in [7, 11) is 1.30. The SMILES string of the molecule is COc1ccc(NC(=O)CN2C(=O)NC3(CCC(C(C)(C)C)CC3)C2=O)cc1OC(F)F. The highest BCUT2D eigenvalue weighted by Crippen LogP contribution is 2.43. The monoisotopic (exact) mass is 453 g/mol. The van der Waals surface area contributed by atoms with Gasteiger partial charge in [0.2, 0.25) is 5.91 Å². The molecule has 0 bridgehead atoms. The molecule has 1 aliphatic heterocycles. The molecule has 1 aromatic carbocycles. The van der Waals surface area contributed by atoms with Crippen LogP contribution in [0.1, 0.15) is 46.5 Å². The first-order chi connectivity index (χ1) is 14.9. The molecule has 1 aliphatic carbocycles. The van der Waals surface area contributed by atoms with Gasteiger partial charge in [0.25, 0.3) is 5.91 Å². The highest BCUT2D eigenvalue weighted by atomic mass is 19.3. The molecule has 1 spiro atoms. The predicted octanol–water partition coefficient (Wildman–Crippen LogP) is 3.76. The van der Waals surface area contributed by atoms with Crippen molar-refractivity contribution in [1.82, 2.24) is 10.2 Å². The number of hydrogen-bond donors (Lipinski definition) is 2. The number of rotatable bonds is 6. The second kappa shape index (κ2) is 8.91. The van der Waals surface area contributed by atoms with Gasteiger partial charge in [-0.25, -0.2) is 4.79 Å². The average Bonchev–Trinajstić information content (AvgIpc) is 2.91. The van der Waals surface area contributed by atoms with Gasteiger partial charge in [-0.15, -0.1) is 0 Å². The van der Waals surface area contributed by atoms with Crippen molar-refractivity contribution in [2.45, 2.75) is 58.6 Å². The van der Waals surface area contributed by atoms with Gasteiger partial charge in [-0.2, -0.15) is 8.78 Å². The summed E-state index contributed by atoms with van der Waals surface area (Å²) in [5, 5.41) is 5.29. The van der Waals surface area contributed by atoms with Crippen molar-refractivity contribution < 1.29 is 32.6 Å². The lowest BCUT2D eigenvalue weighted by molar-refractivity contribution is -0.135. The number of methoxy groups -OCH3 is 1. The number of carbonyl (C=O) groups excluding carboxylic acids is 3. The Bertz CT molecular complexity index is 892. The van der Waals surface area contributed by atoms with Crippen LogP contribution in [0.4, 0.5) is 19.3 Å². The molecular formula is C22H29F2N3O5. The number of amides is 4. The molecule has 0 unspecified atom stereocenters. The summed E-state index contributed by atoms with van der Waals surface area (Å²) in [5.74, 6) is -0.756. The van der Waals surface area contributed by atoms with E-state index >= 15 is 0 Å². The molecule has 32 heavy (non-hydrogen) atoms. The zero-order valence-electron chi connectivity index (χ0n) is 18.7. The zero-order valence-corrected chi connectivity index (χ0v) is 18.7. The van der Waals surface area contributed by atoms with E-state index in [4.69, 9.17) is 4.74 Å². The predicted molar refractivity (Wildman–Crippen MR) is 113 cm³/mol. The van der Waals surface area contributed by atoms with Crippen LogP contribution in [-0.4, -0.2) is 48.6 Å². The second-order valence-corrected chi connectivity index (χ2v) is 9.34. The van der Waals surface area contributed by atoms with Crippen molar-refractivity contribution in [3.05, 3.63) is 18.2 Å².